The third-order valence-corrected chi connectivity index (χ3v) is 4.01. The summed E-state index contributed by atoms with van der Waals surface area (Å²) in [6, 6.07) is 0. The first kappa shape index (κ1) is 15.8. The minimum Gasteiger partial charge on any atom is -0.396 e. The number of fused-ring (bicyclic) bond motifs is 1. The molecule has 3 rings (SSSR count). The molecule has 2 aromatic heterocycles. The van der Waals surface area contributed by atoms with Gasteiger partial charge in [0.2, 0.25) is 5.95 Å². The average Bonchev–Trinajstić information content (AvgIpc) is 3.03. The second kappa shape index (κ2) is 5.54. The number of rotatable bonds is 4. The summed E-state index contributed by atoms with van der Waals surface area (Å²) in [7, 11) is 0. The van der Waals surface area contributed by atoms with Crippen molar-refractivity contribution in [1.29, 1.82) is 0 Å². The summed E-state index contributed by atoms with van der Waals surface area (Å²) in [4.78, 5) is 22.1. The van der Waals surface area contributed by atoms with Crippen molar-refractivity contribution >= 4 is 17.1 Å². The van der Waals surface area contributed by atoms with Crippen LogP contribution < -0.4 is 11.3 Å². The van der Waals surface area contributed by atoms with Gasteiger partial charge in [0.05, 0.1) is 12.9 Å². The van der Waals surface area contributed by atoms with Gasteiger partial charge in [0, 0.05) is 13.0 Å². The standard InChI is InChI=1S/C12H17N5O6/c13-11-15-9-6(10(22)16-11)14-4-17(9)12(1-2-18)8(21)7(20)5(3-19)23-12/h4-5,7-8,18-21H,1-3H2,(H3,13,15,16,22)/t5-,7-,8-,12-/m1/s1. The lowest BCUT2D eigenvalue weighted by Gasteiger charge is -2.33. The topological polar surface area (TPSA) is 180 Å². The Morgan fingerprint density at radius 2 is 2.17 bits per heavy atom. The molecule has 0 aromatic carbocycles. The lowest BCUT2D eigenvalue weighted by atomic mass is 9.99. The Labute approximate surface area is 129 Å². The van der Waals surface area contributed by atoms with Gasteiger partial charge in [-0.2, -0.15) is 4.98 Å². The van der Waals surface area contributed by atoms with E-state index in [1.54, 1.807) is 0 Å². The zero-order chi connectivity index (χ0) is 16.8. The van der Waals surface area contributed by atoms with Crippen LogP contribution in [-0.4, -0.2) is 71.5 Å². The van der Waals surface area contributed by atoms with E-state index in [9.17, 15) is 25.2 Å². The fraction of sp³-hybridized carbons (Fsp3) is 0.583. The quantitative estimate of drug-likeness (QED) is 0.338. The van der Waals surface area contributed by atoms with Crippen molar-refractivity contribution in [3.63, 3.8) is 0 Å². The maximum atomic E-state index is 11.9. The molecule has 0 radical (unpaired) electrons. The minimum atomic E-state index is -1.64. The largest absolute Gasteiger partial charge is 0.396 e. The van der Waals surface area contributed by atoms with E-state index in [2.05, 4.69) is 15.0 Å². The van der Waals surface area contributed by atoms with Crippen LogP contribution >= 0.6 is 0 Å². The van der Waals surface area contributed by atoms with Gasteiger partial charge in [-0.05, 0) is 0 Å². The van der Waals surface area contributed by atoms with Crippen LogP contribution in [0.2, 0.25) is 0 Å². The summed E-state index contributed by atoms with van der Waals surface area (Å²) in [5.74, 6) is -0.157. The van der Waals surface area contributed by atoms with E-state index < -0.39 is 36.2 Å². The Morgan fingerprint density at radius 1 is 1.43 bits per heavy atom. The molecule has 0 saturated carbocycles. The summed E-state index contributed by atoms with van der Waals surface area (Å²) < 4.78 is 6.86. The van der Waals surface area contributed by atoms with Gasteiger partial charge in [-0.25, -0.2) is 4.98 Å². The molecule has 0 bridgehead atoms. The molecule has 4 atom stereocenters. The second-order valence-electron chi connectivity index (χ2n) is 5.33. The average molecular weight is 327 g/mol. The summed E-state index contributed by atoms with van der Waals surface area (Å²) in [5.41, 5.74) is 3.33. The number of nitrogens with one attached hydrogen (secondary N) is 1. The Kier molecular flexibility index (Phi) is 3.82. The summed E-state index contributed by atoms with van der Waals surface area (Å²) in [6.45, 7) is -0.922. The van der Waals surface area contributed by atoms with Gasteiger partial charge in [0.25, 0.3) is 5.56 Å². The third-order valence-electron chi connectivity index (χ3n) is 4.01. The van der Waals surface area contributed by atoms with Crippen molar-refractivity contribution in [3.05, 3.63) is 16.7 Å². The first-order valence-electron chi connectivity index (χ1n) is 6.93. The Balaban J connectivity index is 2.22. The van der Waals surface area contributed by atoms with Crippen molar-refractivity contribution < 1.29 is 25.2 Å². The van der Waals surface area contributed by atoms with E-state index in [4.69, 9.17) is 10.5 Å². The number of anilines is 1. The highest BCUT2D eigenvalue weighted by Crippen LogP contribution is 2.39. The van der Waals surface area contributed by atoms with Crippen LogP contribution in [0.1, 0.15) is 6.42 Å². The number of ether oxygens (including phenoxy) is 1. The van der Waals surface area contributed by atoms with Crippen molar-refractivity contribution in [2.75, 3.05) is 18.9 Å². The molecule has 126 valence electrons. The molecule has 7 N–H and O–H groups in total. The summed E-state index contributed by atoms with van der Waals surface area (Å²) in [6.07, 6.45) is -2.84. The van der Waals surface area contributed by atoms with E-state index in [1.165, 1.54) is 10.9 Å². The van der Waals surface area contributed by atoms with E-state index >= 15 is 0 Å². The highest BCUT2D eigenvalue weighted by Gasteiger charge is 2.55. The number of nitrogens with zero attached hydrogens (tertiary/aromatic N) is 3. The lowest BCUT2D eigenvalue weighted by molar-refractivity contribution is -0.155. The molecule has 1 saturated heterocycles. The summed E-state index contributed by atoms with van der Waals surface area (Å²) >= 11 is 0. The molecular formula is C12H17N5O6. The van der Waals surface area contributed by atoms with Crippen LogP contribution in [0.4, 0.5) is 5.95 Å². The SMILES string of the molecule is Nc1nc2c(ncn2[C@]2(CCO)O[C@H](CO)[C@@H](O)[C@H]2O)c(=O)[nH]1. The first-order valence-corrected chi connectivity index (χ1v) is 6.93. The van der Waals surface area contributed by atoms with Crippen LogP contribution in [0.3, 0.4) is 0 Å². The maximum Gasteiger partial charge on any atom is 0.280 e. The van der Waals surface area contributed by atoms with Gasteiger partial charge in [-0.15, -0.1) is 0 Å². The van der Waals surface area contributed by atoms with Crippen LogP contribution in [0.5, 0.6) is 0 Å². The van der Waals surface area contributed by atoms with Crippen LogP contribution in [0, 0.1) is 0 Å². The number of hydrogen-bond donors (Lipinski definition) is 6. The molecule has 0 unspecified atom stereocenters. The minimum absolute atomic E-state index is 0.0320. The van der Waals surface area contributed by atoms with Gasteiger partial charge in [-0.3, -0.25) is 14.3 Å². The first-order chi connectivity index (χ1) is 10.9. The fourth-order valence-corrected chi connectivity index (χ4v) is 2.91. The van der Waals surface area contributed by atoms with Gasteiger partial charge < -0.3 is 30.9 Å². The maximum absolute atomic E-state index is 11.9. The molecule has 0 aliphatic carbocycles. The van der Waals surface area contributed by atoms with E-state index in [-0.39, 0.29) is 30.1 Å². The number of hydrogen-bond acceptors (Lipinski definition) is 9. The van der Waals surface area contributed by atoms with Gasteiger partial charge >= 0.3 is 0 Å². The molecule has 11 heteroatoms. The Bertz CT molecular complexity index is 775. The number of aromatic nitrogens is 4. The van der Waals surface area contributed by atoms with Gasteiger partial charge in [0.1, 0.15) is 18.3 Å². The van der Waals surface area contributed by atoms with Gasteiger partial charge in [0.15, 0.2) is 16.9 Å². The zero-order valence-corrected chi connectivity index (χ0v) is 12.0. The highest BCUT2D eigenvalue weighted by molar-refractivity contribution is 5.70. The third kappa shape index (κ3) is 2.21. The summed E-state index contributed by atoms with van der Waals surface area (Å²) in [5, 5.41) is 39.1. The molecule has 1 aliphatic heterocycles. The van der Waals surface area contributed by atoms with Crippen LogP contribution in [0.15, 0.2) is 11.1 Å². The molecule has 3 heterocycles. The van der Waals surface area contributed by atoms with Crippen LogP contribution in [0.25, 0.3) is 11.2 Å². The van der Waals surface area contributed by atoms with Crippen molar-refractivity contribution in [1.82, 2.24) is 19.5 Å². The molecule has 2 aromatic rings. The number of aliphatic hydroxyl groups is 4. The number of H-pyrrole nitrogens is 1. The number of nitrogen functional groups attached to an aromatic ring is 1. The van der Waals surface area contributed by atoms with Gasteiger partial charge in [-0.1, -0.05) is 0 Å². The number of nitrogens with two attached hydrogens (primary N) is 1. The smallest absolute Gasteiger partial charge is 0.280 e. The predicted molar refractivity (Wildman–Crippen MR) is 76.2 cm³/mol. The molecule has 11 nitrogen and oxygen atoms in total. The zero-order valence-electron chi connectivity index (χ0n) is 12.0. The number of aromatic amines is 1. The van der Waals surface area contributed by atoms with E-state index in [0.29, 0.717) is 0 Å². The highest BCUT2D eigenvalue weighted by atomic mass is 16.6. The Hall–Kier alpha value is -2.05. The number of aliphatic hydroxyl groups excluding tert-OH is 4. The Morgan fingerprint density at radius 3 is 2.78 bits per heavy atom. The molecule has 23 heavy (non-hydrogen) atoms. The van der Waals surface area contributed by atoms with E-state index in [0.717, 1.165) is 0 Å². The number of imidazole rings is 1. The van der Waals surface area contributed by atoms with Crippen molar-refractivity contribution in [3.8, 4) is 0 Å². The molecular weight excluding hydrogens is 310 g/mol. The van der Waals surface area contributed by atoms with E-state index in [1.807, 2.05) is 0 Å². The van der Waals surface area contributed by atoms with Crippen molar-refractivity contribution in [2.24, 2.45) is 0 Å². The van der Waals surface area contributed by atoms with Crippen molar-refractivity contribution in [2.45, 2.75) is 30.5 Å². The monoisotopic (exact) mass is 327 g/mol. The van der Waals surface area contributed by atoms with Crippen LogP contribution in [-0.2, 0) is 10.5 Å². The molecule has 1 aliphatic rings. The second-order valence-corrected chi connectivity index (χ2v) is 5.33. The fourth-order valence-electron chi connectivity index (χ4n) is 2.91. The molecule has 0 spiro atoms. The normalized spacial score (nSPS) is 31.0. The predicted octanol–water partition coefficient (Wildman–Crippen LogP) is -3.15. The molecule has 1 fully saturated rings. The lowest BCUT2D eigenvalue weighted by Crippen LogP contribution is -2.46. The molecule has 0 amide bonds.